The molecule has 2 unspecified atom stereocenters. The van der Waals surface area contributed by atoms with Crippen LogP contribution in [0.25, 0.3) is 0 Å². The third kappa shape index (κ3) is 2.76. The van der Waals surface area contributed by atoms with Crippen molar-refractivity contribution in [3.05, 3.63) is 0 Å². The molecule has 0 aliphatic carbocycles. The number of nitrogens with one attached hydrogen (secondary N) is 1. The summed E-state index contributed by atoms with van der Waals surface area (Å²) in [6.45, 7) is 2.17. The standard InChI is InChI=1S/C7H13NO3/c1-5(9)2-3-6-4-11-7(10)8-6/h5-6,9H,2-4H2,1H3,(H,8,10). The molecule has 1 aliphatic heterocycles. The van der Waals surface area contributed by atoms with E-state index < -0.39 is 0 Å². The number of carbonyl (C=O) groups is 1. The second-order valence-corrected chi connectivity index (χ2v) is 2.87. The normalized spacial score (nSPS) is 26.0. The SMILES string of the molecule is CC(O)CCC1COC(=O)N1. The molecule has 4 heteroatoms. The van der Waals surface area contributed by atoms with E-state index in [1.165, 1.54) is 0 Å². The van der Waals surface area contributed by atoms with Crippen LogP contribution in [-0.4, -0.2) is 30.0 Å². The monoisotopic (exact) mass is 159 g/mol. The summed E-state index contributed by atoms with van der Waals surface area (Å²) >= 11 is 0. The Kier molecular flexibility index (Phi) is 2.70. The molecule has 4 nitrogen and oxygen atoms in total. The zero-order chi connectivity index (χ0) is 8.27. The van der Waals surface area contributed by atoms with Gasteiger partial charge in [0.05, 0.1) is 12.1 Å². The van der Waals surface area contributed by atoms with E-state index in [9.17, 15) is 4.79 Å². The van der Waals surface area contributed by atoms with Gasteiger partial charge in [-0.1, -0.05) is 0 Å². The maximum atomic E-state index is 10.5. The highest BCUT2D eigenvalue weighted by atomic mass is 16.6. The van der Waals surface area contributed by atoms with Crippen LogP contribution in [0.3, 0.4) is 0 Å². The maximum Gasteiger partial charge on any atom is 0.407 e. The van der Waals surface area contributed by atoms with Crippen molar-refractivity contribution in [3.63, 3.8) is 0 Å². The molecule has 1 fully saturated rings. The Balaban J connectivity index is 2.13. The maximum absolute atomic E-state index is 10.5. The molecule has 2 atom stereocenters. The fourth-order valence-electron chi connectivity index (χ4n) is 1.02. The average molecular weight is 159 g/mol. The lowest BCUT2D eigenvalue weighted by Gasteiger charge is -2.07. The van der Waals surface area contributed by atoms with Gasteiger partial charge in [0.15, 0.2) is 0 Å². The summed E-state index contributed by atoms with van der Waals surface area (Å²) in [6.07, 6.45) is 0.839. The van der Waals surface area contributed by atoms with Crippen LogP contribution in [0.4, 0.5) is 4.79 Å². The van der Waals surface area contributed by atoms with Gasteiger partial charge in [-0.2, -0.15) is 0 Å². The summed E-state index contributed by atoms with van der Waals surface area (Å²) in [7, 11) is 0. The molecule has 1 heterocycles. The van der Waals surface area contributed by atoms with E-state index in [2.05, 4.69) is 10.1 Å². The third-order valence-corrected chi connectivity index (χ3v) is 1.67. The highest BCUT2D eigenvalue weighted by Gasteiger charge is 2.21. The zero-order valence-corrected chi connectivity index (χ0v) is 6.54. The lowest BCUT2D eigenvalue weighted by atomic mass is 10.1. The van der Waals surface area contributed by atoms with Crippen LogP contribution >= 0.6 is 0 Å². The van der Waals surface area contributed by atoms with Gasteiger partial charge in [0, 0.05) is 0 Å². The van der Waals surface area contributed by atoms with Crippen LogP contribution in [0.1, 0.15) is 19.8 Å². The number of hydrogen-bond acceptors (Lipinski definition) is 3. The summed E-state index contributed by atoms with van der Waals surface area (Å²) in [5, 5.41) is 11.6. The Hall–Kier alpha value is -0.770. The first-order chi connectivity index (χ1) is 5.18. The number of hydrogen-bond donors (Lipinski definition) is 2. The van der Waals surface area contributed by atoms with Crippen molar-refractivity contribution in [2.75, 3.05) is 6.61 Å². The summed E-state index contributed by atoms with van der Waals surface area (Å²) < 4.78 is 4.67. The highest BCUT2D eigenvalue weighted by Crippen LogP contribution is 2.06. The Morgan fingerprint density at radius 1 is 1.91 bits per heavy atom. The van der Waals surface area contributed by atoms with E-state index in [-0.39, 0.29) is 18.2 Å². The molecule has 0 aromatic heterocycles. The van der Waals surface area contributed by atoms with E-state index in [0.717, 1.165) is 6.42 Å². The smallest absolute Gasteiger partial charge is 0.407 e. The van der Waals surface area contributed by atoms with Gasteiger partial charge in [0.25, 0.3) is 0 Å². The van der Waals surface area contributed by atoms with Crippen LogP contribution in [0.15, 0.2) is 0 Å². The van der Waals surface area contributed by atoms with Crippen LogP contribution < -0.4 is 5.32 Å². The molecule has 0 bridgehead atoms. The molecule has 64 valence electrons. The Labute approximate surface area is 65.5 Å². The van der Waals surface area contributed by atoms with Gasteiger partial charge in [-0.3, -0.25) is 0 Å². The van der Waals surface area contributed by atoms with Gasteiger partial charge in [-0.05, 0) is 19.8 Å². The molecule has 1 amide bonds. The number of cyclic esters (lactones) is 1. The predicted octanol–water partition coefficient (Wildman–Crippen LogP) is 0.256. The molecule has 0 spiro atoms. The number of rotatable bonds is 3. The fraction of sp³-hybridized carbons (Fsp3) is 0.857. The summed E-state index contributed by atoms with van der Waals surface area (Å²) in [4.78, 5) is 10.5. The van der Waals surface area contributed by atoms with Gasteiger partial charge in [-0.25, -0.2) is 4.79 Å². The first-order valence-corrected chi connectivity index (χ1v) is 3.80. The molecule has 0 aromatic rings. The topological polar surface area (TPSA) is 58.6 Å². The van der Waals surface area contributed by atoms with Crippen molar-refractivity contribution in [3.8, 4) is 0 Å². The second kappa shape index (κ2) is 3.57. The molecule has 1 rings (SSSR count). The quantitative estimate of drug-likeness (QED) is 0.620. The van der Waals surface area contributed by atoms with Crippen LogP contribution in [0.5, 0.6) is 0 Å². The van der Waals surface area contributed by atoms with Crippen molar-refractivity contribution in [1.82, 2.24) is 5.32 Å². The van der Waals surface area contributed by atoms with Crippen molar-refractivity contribution >= 4 is 6.09 Å². The molecular weight excluding hydrogens is 146 g/mol. The molecule has 11 heavy (non-hydrogen) atoms. The minimum atomic E-state index is -0.347. The lowest BCUT2D eigenvalue weighted by Crippen LogP contribution is -2.26. The number of amides is 1. The zero-order valence-electron chi connectivity index (χ0n) is 6.54. The van der Waals surface area contributed by atoms with Gasteiger partial charge < -0.3 is 15.2 Å². The fourth-order valence-corrected chi connectivity index (χ4v) is 1.02. The van der Waals surface area contributed by atoms with E-state index in [4.69, 9.17) is 5.11 Å². The first kappa shape index (κ1) is 8.33. The molecule has 0 radical (unpaired) electrons. The molecule has 1 aliphatic rings. The minimum Gasteiger partial charge on any atom is -0.447 e. The summed E-state index contributed by atoms with van der Waals surface area (Å²) in [6, 6.07) is 0.0945. The summed E-state index contributed by atoms with van der Waals surface area (Å²) in [5.41, 5.74) is 0. The molecule has 2 N–H and O–H groups in total. The van der Waals surface area contributed by atoms with Crippen molar-refractivity contribution in [2.24, 2.45) is 0 Å². The predicted molar refractivity (Wildman–Crippen MR) is 39.2 cm³/mol. The lowest BCUT2D eigenvalue weighted by molar-refractivity contribution is 0.169. The Morgan fingerprint density at radius 3 is 3.09 bits per heavy atom. The van der Waals surface area contributed by atoms with Crippen LogP contribution in [0.2, 0.25) is 0 Å². The average Bonchev–Trinajstić information content (AvgIpc) is 2.31. The van der Waals surface area contributed by atoms with Crippen LogP contribution in [-0.2, 0) is 4.74 Å². The third-order valence-electron chi connectivity index (χ3n) is 1.67. The van der Waals surface area contributed by atoms with E-state index >= 15 is 0 Å². The Morgan fingerprint density at radius 2 is 2.64 bits per heavy atom. The molecule has 0 saturated carbocycles. The molecule has 1 saturated heterocycles. The van der Waals surface area contributed by atoms with Gasteiger partial charge in [0.2, 0.25) is 0 Å². The van der Waals surface area contributed by atoms with Crippen molar-refractivity contribution in [1.29, 1.82) is 0 Å². The van der Waals surface area contributed by atoms with E-state index in [1.807, 2.05) is 0 Å². The highest BCUT2D eigenvalue weighted by molar-refractivity contribution is 5.69. The number of aliphatic hydroxyl groups excluding tert-OH is 1. The molecular formula is C7H13NO3. The van der Waals surface area contributed by atoms with Gasteiger partial charge in [-0.15, -0.1) is 0 Å². The first-order valence-electron chi connectivity index (χ1n) is 3.80. The van der Waals surface area contributed by atoms with Crippen LogP contribution in [0, 0.1) is 0 Å². The second-order valence-electron chi connectivity index (χ2n) is 2.87. The molecule has 0 aromatic carbocycles. The van der Waals surface area contributed by atoms with Crippen molar-refractivity contribution in [2.45, 2.75) is 31.9 Å². The number of carbonyl (C=O) groups excluding carboxylic acids is 1. The van der Waals surface area contributed by atoms with Crippen molar-refractivity contribution < 1.29 is 14.6 Å². The van der Waals surface area contributed by atoms with Gasteiger partial charge in [0.1, 0.15) is 6.61 Å². The summed E-state index contributed by atoms with van der Waals surface area (Å²) in [5.74, 6) is 0. The number of alkyl carbamates (subject to hydrolysis) is 1. The largest absolute Gasteiger partial charge is 0.447 e. The van der Waals surface area contributed by atoms with E-state index in [0.29, 0.717) is 13.0 Å². The van der Waals surface area contributed by atoms with E-state index in [1.54, 1.807) is 6.92 Å². The Bertz CT molecular complexity index is 147. The number of aliphatic hydroxyl groups is 1. The minimum absolute atomic E-state index is 0.0945. The number of ether oxygens (including phenoxy) is 1. The van der Waals surface area contributed by atoms with Gasteiger partial charge >= 0.3 is 6.09 Å².